The van der Waals surface area contributed by atoms with E-state index in [0.717, 1.165) is 11.1 Å². The summed E-state index contributed by atoms with van der Waals surface area (Å²) in [7, 11) is 0. The zero-order valence-corrected chi connectivity index (χ0v) is 12.6. The Balaban J connectivity index is 1.77. The second kappa shape index (κ2) is 5.66. The number of rotatable bonds is 3. The van der Waals surface area contributed by atoms with E-state index in [1.165, 1.54) is 6.33 Å². The fraction of sp³-hybridized carbons (Fsp3) is 0. The molecule has 0 unspecified atom stereocenters. The molecular formula is C16H11ClN6. The molecule has 0 atom stereocenters. The van der Waals surface area contributed by atoms with Gasteiger partial charge in [-0.2, -0.15) is 9.78 Å². The highest BCUT2D eigenvalue weighted by Crippen LogP contribution is 2.24. The Hall–Kier alpha value is -2.99. The largest absolute Gasteiger partial charge is 0.340 e. The number of pyridine rings is 1. The maximum atomic E-state index is 5.91. The summed E-state index contributed by atoms with van der Waals surface area (Å²) in [5.74, 6) is 1.39. The topological polar surface area (TPSA) is 68.5 Å². The van der Waals surface area contributed by atoms with Crippen molar-refractivity contribution in [3.05, 3.63) is 66.2 Å². The molecule has 0 aliphatic heterocycles. The van der Waals surface area contributed by atoms with Crippen molar-refractivity contribution in [1.29, 1.82) is 0 Å². The smallest absolute Gasteiger partial charge is 0.170 e. The van der Waals surface area contributed by atoms with Crippen LogP contribution < -0.4 is 5.32 Å². The predicted octanol–water partition coefficient (Wildman–Crippen LogP) is 3.61. The van der Waals surface area contributed by atoms with Gasteiger partial charge in [-0.1, -0.05) is 17.7 Å². The monoisotopic (exact) mass is 322 g/mol. The highest BCUT2D eigenvalue weighted by Gasteiger charge is 2.11. The zero-order chi connectivity index (χ0) is 15.6. The third-order valence-corrected chi connectivity index (χ3v) is 3.59. The number of hydrogen-bond donors (Lipinski definition) is 1. The zero-order valence-electron chi connectivity index (χ0n) is 11.9. The Bertz CT molecular complexity index is 949. The van der Waals surface area contributed by atoms with Gasteiger partial charge in [0.2, 0.25) is 0 Å². The summed E-state index contributed by atoms with van der Waals surface area (Å²) in [6.07, 6.45) is 4.95. The molecule has 3 aromatic heterocycles. The molecule has 23 heavy (non-hydrogen) atoms. The first-order chi connectivity index (χ1) is 11.3. The van der Waals surface area contributed by atoms with Crippen LogP contribution in [0.15, 0.2) is 61.2 Å². The van der Waals surface area contributed by atoms with E-state index in [1.54, 1.807) is 17.1 Å². The fourth-order valence-corrected chi connectivity index (χ4v) is 2.39. The van der Waals surface area contributed by atoms with Crippen LogP contribution >= 0.6 is 11.6 Å². The van der Waals surface area contributed by atoms with Crippen LogP contribution in [0.5, 0.6) is 0 Å². The molecule has 0 saturated heterocycles. The van der Waals surface area contributed by atoms with Crippen molar-refractivity contribution in [3.8, 4) is 5.82 Å². The molecule has 0 aliphatic rings. The van der Waals surface area contributed by atoms with Gasteiger partial charge < -0.3 is 5.32 Å². The number of nitrogens with zero attached hydrogens (tertiary/aromatic N) is 5. The van der Waals surface area contributed by atoms with Crippen molar-refractivity contribution >= 4 is 34.1 Å². The van der Waals surface area contributed by atoms with Crippen LogP contribution in [0, 0.1) is 0 Å². The second-order valence-corrected chi connectivity index (χ2v) is 5.27. The third-order valence-electron chi connectivity index (χ3n) is 3.34. The van der Waals surface area contributed by atoms with Crippen molar-refractivity contribution in [2.75, 3.05) is 5.32 Å². The van der Waals surface area contributed by atoms with Gasteiger partial charge in [-0.3, -0.25) is 0 Å². The van der Waals surface area contributed by atoms with Gasteiger partial charge >= 0.3 is 0 Å². The Morgan fingerprint density at radius 1 is 0.957 bits per heavy atom. The van der Waals surface area contributed by atoms with Crippen LogP contribution in [-0.4, -0.2) is 24.7 Å². The Labute approximate surface area is 136 Å². The van der Waals surface area contributed by atoms with Crippen LogP contribution in [-0.2, 0) is 0 Å². The van der Waals surface area contributed by atoms with E-state index in [0.29, 0.717) is 22.3 Å². The summed E-state index contributed by atoms with van der Waals surface area (Å²) >= 11 is 5.91. The summed E-state index contributed by atoms with van der Waals surface area (Å²) in [5, 5.41) is 9.13. The van der Waals surface area contributed by atoms with E-state index in [4.69, 9.17) is 11.6 Å². The van der Waals surface area contributed by atoms with Crippen LogP contribution in [0.3, 0.4) is 0 Å². The van der Waals surface area contributed by atoms with Crippen LogP contribution in [0.2, 0.25) is 5.02 Å². The van der Waals surface area contributed by atoms with Crippen molar-refractivity contribution in [3.63, 3.8) is 0 Å². The third kappa shape index (κ3) is 2.60. The van der Waals surface area contributed by atoms with E-state index in [2.05, 4.69) is 25.4 Å². The minimum atomic E-state index is 0.680. The summed E-state index contributed by atoms with van der Waals surface area (Å²) in [5.41, 5.74) is 1.58. The molecule has 6 nitrogen and oxygen atoms in total. The Kier molecular flexibility index (Phi) is 3.36. The summed E-state index contributed by atoms with van der Waals surface area (Å²) in [6, 6.07) is 13.1. The molecule has 1 N–H and O–H groups in total. The minimum Gasteiger partial charge on any atom is -0.340 e. The van der Waals surface area contributed by atoms with E-state index < -0.39 is 0 Å². The Morgan fingerprint density at radius 2 is 1.83 bits per heavy atom. The van der Waals surface area contributed by atoms with Crippen molar-refractivity contribution < 1.29 is 0 Å². The molecule has 4 rings (SSSR count). The average Bonchev–Trinajstić information content (AvgIpc) is 3.03. The molecule has 4 aromatic rings. The quantitative estimate of drug-likeness (QED) is 0.624. The lowest BCUT2D eigenvalue weighted by atomic mass is 10.3. The van der Waals surface area contributed by atoms with E-state index in [9.17, 15) is 0 Å². The summed E-state index contributed by atoms with van der Waals surface area (Å²) in [6.45, 7) is 0. The molecule has 112 valence electrons. The standard InChI is InChI=1S/C16H11ClN6/c17-11-4-6-12(7-5-11)22-15-13-9-21-23(16(13)20-10-19-15)14-3-1-2-8-18-14/h1-10H,(H,19,20,22). The van der Waals surface area contributed by atoms with Gasteiger partial charge in [0.05, 0.1) is 11.6 Å². The first-order valence-electron chi connectivity index (χ1n) is 6.94. The highest BCUT2D eigenvalue weighted by molar-refractivity contribution is 6.30. The molecule has 0 fully saturated rings. The predicted molar refractivity (Wildman–Crippen MR) is 89.2 cm³/mol. The van der Waals surface area contributed by atoms with Gasteiger partial charge in [0, 0.05) is 16.9 Å². The first-order valence-corrected chi connectivity index (χ1v) is 7.32. The number of benzene rings is 1. The van der Waals surface area contributed by atoms with Crippen LogP contribution in [0.4, 0.5) is 11.5 Å². The van der Waals surface area contributed by atoms with E-state index >= 15 is 0 Å². The molecule has 7 heteroatoms. The maximum Gasteiger partial charge on any atom is 0.170 e. The van der Waals surface area contributed by atoms with Crippen LogP contribution in [0.1, 0.15) is 0 Å². The normalized spacial score (nSPS) is 10.8. The van der Waals surface area contributed by atoms with Gasteiger partial charge in [0.15, 0.2) is 11.5 Å². The van der Waals surface area contributed by atoms with Gasteiger partial charge in [-0.15, -0.1) is 0 Å². The van der Waals surface area contributed by atoms with Crippen LogP contribution in [0.25, 0.3) is 16.9 Å². The maximum absolute atomic E-state index is 5.91. The number of halogens is 1. The lowest BCUT2D eigenvalue weighted by molar-refractivity contribution is 0.861. The van der Waals surface area contributed by atoms with Crippen molar-refractivity contribution in [2.45, 2.75) is 0 Å². The molecule has 0 spiro atoms. The molecule has 1 aromatic carbocycles. The first kappa shape index (κ1) is 13.7. The lowest BCUT2D eigenvalue weighted by Gasteiger charge is -2.06. The van der Waals surface area contributed by atoms with Crippen molar-refractivity contribution in [2.24, 2.45) is 0 Å². The number of nitrogens with one attached hydrogen (secondary N) is 1. The summed E-state index contributed by atoms with van der Waals surface area (Å²) in [4.78, 5) is 12.9. The second-order valence-electron chi connectivity index (χ2n) is 4.84. The van der Waals surface area contributed by atoms with Gasteiger partial charge in [-0.25, -0.2) is 15.0 Å². The molecule has 3 heterocycles. The number of anilines is 2. The van der Waals surface area contributed by atoms with E-state index in [1.807, 2.05) is 42.5 Å². The number of aromatic nitrogens is 5. The SMILES string of the molecule is Clc1ccc(Nc2ncnc3c2cnn3-c2ccccn2)cc1. The highest BCUT2D eigenvalue weighted by atomic mass is 35.5. The average molecular weight is 323 g/mol. The molecule has 0 radical (unpaired) electrons. The molecule has 0 amide bonds. The van der Waals surface area contributed by atoms with E-state index in [-0.39, 0.29) is 0 Å². The molecule has 0 bridgehead atoms. The number of fused-ring (bicyclic) bond motifs is 1. The van der Waals surface area contributed by atoms with Gasteiger partial charge in [0.1, 0.15) is 12.1 Å². The fourth-order valence-electron chi connectivity index (χ4n) is 2.26. The lowest BCUT2D eigenvalue weighted by Crippen LogP contribution is -2.01. The molecular weight excluding hydrogens is 312 g/mol. The number of hydrogen-bond acceptors (Lipinski definition) is 5. The Morgan fingerprint density at radius 3 is 2.61 bits per heavy atom. The minimum absolute atomic E-state index is 0.680. The van der Waals surface area contributed by atoms with Crippen molar-refractivity contribution in [1.82, 2.24) is 24.7 Å². The van der Waals surface area contributed by atoms with Gasteiger partial charge in [-0.05, 0) is 36.4 Å². The summed E-state index contributed by atoms with van der Waals surface area (Å²) < 4.78 is 1.68. The molecule has 0 saturated carbocycles. The molecule has 0 aliphatic carbocycles. The van der Waals surface area contributed by atoms with Gasteiger partial charge in [0.25, 0.3) is 0 Å².